The lowest BCUT2D eigenvalue weighted by Crippen LogP contribution is -2.18. The van der Waals surface area contributed by atoms with Crippen molar-refractivity contribution >= 4 is 62.5 Å². The predicted molar refractivity (Wildman–Crippen MR) is 116 cm³/mol. The highest BCUT2D eigenvalue weighted by Gasteiger charge is 2.09. The molecule has 1 N–H and O–H groups in total. The van der Waals surface area contributed by atoms with Gasteiger partial charge in [-0.05, 0) is 52.3 Å². The fourth-order valence-corrected chi connectivity index (χ4v) is 3.43. The van der Waals surface area contributed by atoms with E-state index in [1.54, 1.807) is 42.6 Å². The third-order valence-corrected chi connectivity index (χ3v) is 5.27. The van der Waals surface area contributed by atoms with Crippen LogP contribution in [0.25, 0.3) is 5.65 Å². The zero-order valence-electron chi connectivity index (χ0n) is 14.9. The van der Waals surface area contributed by atoms with E-state index in [9.17, 15) is 14.4 Å². The fraction of sp³-hybridized carbons (Fsp3) is 0.158. The number of aromatic nitrogens is 2. The molecule has 0 unspecified atom stereocenters. The SMILES string of the molecule is O=C(CSCC(=O)OCc1cc(=O)n2cc(Br)ccc2n1)Nc1ccc(Cl)cc1. The number of anilines is 1. The second-order valence-corrected chi connectivity index (χ2v) is 8.21. The lowest BCUT2D eigenvalue weighted by atomic mass is 10.3. The number of thioether (sulfide) groups is 1. The Morgan fingerprint density at radius 3 is 2.69 bits per heavy atom. The first-order valence-corrected chi connectivity index (χ1v) is 10.7. The molecule has 29 heavy (non-hydrogen) atoms. The molecule has 150 valence electrons. The molecular weight excluding hydrogens is 482 g/mol. The Kier molecular flexibility index (Phi) is 7.29. The summed E-state index contributed by atoms with van der Waals surface area (Å²) in [4.78, 5) is 40.2. The fourth-order valence-electron chi connectivity index (χ4n) is 2.35. The van der Waals surface area contributed by atoms with E-state index in [0.717, 1.165) is 16.2 Å². The molecule has 1 aromatic carbocycles. The zero-order chi connectivity index (χ0) is 20.8. The average Bonchev–Trinajstić information content (AvgIpc) is 2.69. The molecule has 2 heterocycles. The van der Waals surface area contributed by atoms with Crippen LogP contribution in [0.3, 0.4) is 0 Å². The number of nitrogens with zero attached hydrogens (tertiary/aromatic N) is 2. The summed E-state index contributed by atoms with van der Waals surface area (Å²) < 4.78 is 7.29. The van der Waals surface area contributed by atoms with Gasteiger partial charge in [-0.15, -0.1) is 11.8 Å². The maximum Gasteiger partial charge on any atom is 0.316 e. The van der Waals surface area contributed by atoms with Crippen LogP contribution in [0.4, 0.5) is 5.69 Å². The van der Waals surface area contributed by atoms with Gasteiger partial charge in [0.15, 0.2) is 0 Å². The van der Waals surface area contributed by atoms with Gasteiger partial charge in [-0.2, -0.15) is 0 Å². The molecule has 0 saturated carbocycles. The largest absolute Gasteiger partial charge is 0.459 e. The number of esters is 1. The minimum absolute atomic E-state index is 0.00749. The number of benzene rings is 1. The van der Waals surface area contributed by atoms with E-state index in [-0.39, 0.29) is 29.6 Å². The van der Waals surface area contributed by atoms with Gasteiger partial charge in [0, 0.05) is 27.4 Å². The number of rotatable bonds is 7. The van der Waals surface area contributed by atoms with Gasteiger partial charge in [-0.25, -0.2) is 4.98 Å². The summed E-state index contributed by atoms with van der Waals surface area (Å²) >= 11 is 10.2. The van der Waals surface area contributed by atoms with Crippen molar-refractivity contribution in [1.82, 2.24) is 9.38 Å². The number of hydrogen-bond acceptors (Lipinski definition) is 6. The van der Waals surface area contributed by atoms with Crippen molar-refractivity contribution in [3.63, 3.8) is 0 Å². The second-order valence-electron chi connectivity index (χ2n) is 5.87. The van der Waals surface area contributed by atoms with Gasteiger partial charge in [0.25, 0.3) is 5.56 Å². The summed E-state index contributed by atoms with van der Waals surface area (Å²) in [5.41, 5.74) is 1.18. The van der Waals surface area contributed by atoms with E-state index in [1.165, 1.54) is 10.5 Å². The Morgan fingerprint density at radius 2 is 1.93 bits per heavy atom. The molecule has 1 amide bonds. The maximum atomic E-state index is 12.1. The molecule has 3 rings (SSSR count). The van der Waals surface area contributed by atoms with Crippen molar-refractivity contribution in [2.24, 2.45) is 0 Å². The van der Waals surface area contributed by atoms with Crippen molar-refractivity contribution in [3.05, 3.63) is 74.2 Å². The lowest BCUT2D eigenvalue weighted by molar-refractivity contribution is -0.141. The molecule has 10 heteroatoms. The standard InChI is InChI=1S/C19H15BrClN3O4S/c20-12-1-6-16-22-15(7-18(26)24(16)8-12)9-28-19(27)11-29-10-17(25)23-14-4-2-13(21)3-5-14/h1-8H,9-11H2,(H,23,25). The summed E-state index contributed by atoms with van der Waals surface area (Å²) in [5, 5.41) is 3.29. The third kappa shape index (κ3) is 6.31. The molecule has 2 aromatic heterocycles. The summed E-state index contributed by atoms with van der Waals surface area (Å²) in [7, 11) is 0. The van der Waals surface area contributed by atoms with Crippen molar-refractivity contribution in [2.45, 2.75) is 6.61 Å². The first kappa shape index (κ1) is 21.4. The van der Waals surface area contributed by atoms with Crippen LogP contribution in [0.1, 0.15) is 5.69 Å². The van der Waals surface area contributed by atoms with E-state index >= 15 is 0 Å². The Morgan fingerprint density at radius 1 is 1.17 bits per heavy atom. The molecule has 0 spiro atoms. The first-order valence-electron chi connectivity index (χ1n) is 8.37. The van der Waals surface area contributed by atoms with Crippen LogP contribution in [0.2, 0.25) is 5.02 Å². The van der Waals surface area contributed by atoms with Crippen LogP contribution < -0.4 is 10.9 Å². The van der Waals surface area contributed by atoms with Crippen molar-refractivity contribution < 1.29 is 14.3 Å². The molecule has 0 radical (unpaired) electrons. The lowest BCUT2D eigenvalue weighted by Gasteiger charge is -2.07. The number of halogens is 2. The summed E-state index contributed by atoms with van der Waals surface area (Å²) in [6.07, 6.45) is 1.62. The number of carbonyl (C=O) groups is 2. The normalized spacial score (nSPS) is 10.7. The number of hydrogen-bond donors (Lipinski definition) is 1. The predicted octanol–water partition coefficient (Wildman–Crippen LogP) is 3.53. The number of ether oxygens (including phenoxy) is 1. The maximum absolute atomic E-state index is 12.1. The molecule has 0 aliphatic heterocycles. The minimum Gasteiger partial charge on any atom is -0.459 e. The molecule has 0 aliphatic carbocycles. The Balaban J connectivity index is 1.44. The number of pyridine rings is 1. The van der Waals surface area contributed by atoms with E-state index in [0.29, 0.717) is 22.1 Å². The van der Waals surface area contributed by atoms with Gasteiger partial charge in [-0.1, -0.05) is 11.6 Å². The molecule has 0 saturated heterocycles. The molecule has 0 bridgehead atoms. The smallest absolute Gasteiger partial charge is 0.316 e. The minimum atomic E-state index is -0.493. The van der Waals surface area contributed by atoms with Crippen LogP contribution in [0.5, 0.6) is 0 Å². The third-order valence-electron chi connectivity index (χ3n) is 3.64. The Labute approximate surface area is 183 Å². The average molecular weight is 497 g/mol. The number of fused-ring (bicyclic) bond motifs is 1. The van der Waals surface area contributed by atoms with Crippen molar-refractivity contribution in [2.75, 3.05) is 16.8 Å². The summed E-state index contributed by atoms with van der Waals surface area (Å²) in [6.45, 7) is -0.113. The van der Waals surface area contributed by atoms with Crippen LogP contribution in [0, 0.1) is 0 Å². The highest BCUT2D eigenvalue weighted by molar-refractivity contribution is 9.10. The Hall–Kier alpha value is -2.36. The van der Waals surface area contributed by atoms with Gasteiger partial charge in [-0.3, -0.25) is 18.8 Å². The van der Waals surface area contributed by atoms with E-state index < -0.39 is 5.97 Å². The van der Waals surface area contributed by atoms with Crippen LogP contribution in [0.15, 0.2) is 57.9 Å². The van der Waals surface area contributed by atoms with Gasteiger partial charge < -0.3 is 10.1 Å². The molecule has 0 fully saturated rings. The van der Waals surface area contributed by atoms with Gasteiger partial charge in [0.05, 0.1) is 17.2 Å². The molecule has 0 atom stereocenters. The molecule has 3 aromatic rings. The topological polar surface area (TPSA) is 89.8 Å². The number of nitrogens with one attached hydrogen (secondary N) is 1. The van der Waals surface area contributed by atoms with E-state index in [2.05, 4.69) is 26.2 Å². The first-order chi connectivity index (χ1) is 13.9. The van der Waals surface area contributed by atoms with Crippen LogP contribution in [-0.4, -0.2) is 32.8 Å². The van der Waals surface area contributed by atoms with Gasteiger partial charge in [0.1, 0.15) is 12.3 Å². The summed E-state index contributed by atoms with van der Waals surface area (Å²) in [6, 6.07) is 11.5. The van der Waals surface area contributed by atoms with Gasteiger partial charge >= 0.3 is 5.97 Å². The van der Waals surface area contributed by atoms with Crippen molar-refractivity contribution in [1.29, 1.82) is 0 Å². The molecular formula is C19H15BrClN3O4S. The van der Waals surface area contributed by atoms with Crippen molar-refractivity contribution in [3.8, 4) is 0 Å². The second kappa shape index (κ2) is 9.91. The highest BCUT2D eigenvalue weighted by Crippen LogP contribution is 2.14. The number of carbonyl (C=O) groups excluding carboxylic acids is 2. The quantitative estimate of drug-likeness (QED) is 0.503. The molecule has 7 nitrogen and oxygen atoms in total. The molecule has 0 aliphatic rings. The van der Waals surface area contributed by atoms with Gasteiger partial charge in [0.2, 0.25) is 5.91 Å². The zero-order valence-corrected chi connectivity index (χ0v) is 18.1. The Bertz CT molecular complexity index is 1100. The van der Waals surface area contributed by atoms with E-state index in [1.807, 2.05) is 0 Å². The van der Waals surface area contributed by atoms with Crippen LogP contribution in [-0.2, 0) is 20.9 Å². The monoisotopic (exact) mass is 495 g/mol. The highest BCUT2D eigenvalue weighted by atomic mass is 79.9. The van der Waals surface area contributed by atoms with E-state index in [4.69, 9.17) is 16.3 Å². The number of amides is 1. The summed E-state index contributed by atoms with van der Waals surface area (Å²) in [5.74, 6) is -0.622. The van der Waals surface area contributed by atoms with Crippen LogP contribution >= 0.6 is 39.3 Å².